The van der Waals surface area contributed by atoms with Crippen molar-refractivity contribution in [1.82, 2.24) is 10.2 Å². The maximum absolute atomic E-state index is 13.0. The molecule has 6 nitrogen and oxygen atoms in total. The van der Waals surface area contributed by atoms with E-state index in [1.807, 2.05) is 12.1 Å². The molecule has 1 saturated carbocycles. The second kappa shape index (κ2) is 9.92. The smallest absolute Gasteiger partial charge is 0.254 e. The third-order valence-corrected chi connectivity index (χ3v) is 5.86. The summed E-state index contributed by atoms with van der Waals surface area (Å²) >= 11 is 0. The van der Waals surface area contributed by atoms with Gasteiger partial charge < -0.3 is 19.7 Å². The van der Waals surface area contributed by atoms with Gasteiger partial charge in [0.2, 0.25) is 5.91 Å². The summed E-state index contributed by atoms with van der Waals surface area (Å²) in [7, 11) is 3.22. The lowest BCUT2D eigenvalue weighted by atomic mass is 9.92. The van der Waals surface area contributed by atoms with E-state index in [1.165, 1.54) is 19.3 Å². The van der Waals surface area contributed by atoms with E-state index in [1.54, 1.807) is 25.2 Å². The first-order valence-corrected chi connectivity index (χ1v) is 10.4. The molecule has 28 heavy (non-hydrogen) atoms. The molecular formula is C22H32N2O4. The number of likely N-dealkylation sites (tertiary alicyclic amines) is 1. The maximum atomic E-state index is 13.0. The predicted octanol–water partition coefficient (Wildman–Crippen LogP) is 3.14. The number of carbonyl (C=O) groups excluding carboxylic acids is 2. The van der Waals surface area contributed by atoms with Crippen LogP contribution < -0.4 is 10.1 Å². The average Bonchev–Trinajstić information content (AvgIpc) is 2.74. The highest BCUT2D eigenvalue weighted by molar-refractivity contribution is 5.95. The van der Waals surface area contributed by atoms with Gasteiger partial charge in [-0.15, -0.1) is 0 Å². The summed E-state index contributed by atoms with van der Waals surface area (Å²) in [4.78, 5) is 27.5. The molecule has 1 N–H and O–H groups in total. The van der Waals surface area contributed by atoms with Gasteiger partial charge in [-0.2, -0.15) is 0 Å². The first kappa shape index (κ1) is 20.6. The van der Waals surface area contributed by atoms with Gasteiger partial charge in [0, 0.05) is 37.4 Å². The van der Waals surface area contributed by atoms with Crippen LogP contribution in [0.3, 0.4) is 0 Å². The summed E-state index contributed by atoms with van der Waals surface area (Å²) in [5.41, 5.74) is 1.50. The Morgan fingerprint density at radius 2 is 1.89 bits per heavy atom. The molecule has 1 saturated heterocycles. The summed E-state index contributed by atoms with van der Waals surface area (Å²) in [5.74, 6) is 0.598. The Bertz CT molecular complexity index is 685. The summed E-state index contributed by atoms with van der Waals surface area (Å²) in [6.07, 6.45) is 7.52. The van der Waals surface area contributed by atoms with E-state index in [4.69, 9.17) is 9.47 Å². The largest absolute Gasteiger partial charge is 0.496 e. The molecule has 6 heteroatoms. The number of methoxy groups -OCH3 is 2. The molecule has 154 valence electrons. The SMILES string of the molecule is COCc1ccc(C(=O)N2CCC[C@H](C(=O)NC3CCCCC3)C2)cc1OC. The van der Waals surface area contributed by atoms with Crippen LogP contribution in [0.5, 0.6) is 5.75 Å². The van der Waals surface area contributed by atoms with E-state index in [0.29, 0.717) is 37.1 Å². The molecule has 1 aromatic carbocycles. The zero-order valence-electron chi connectivity index (χ0n) is 17.0. The van der Waals surface area contributed by atoms with Gasteiger partial charge in [-0.05, 0) is 37.8 Å². The van der Waals surface area contributed by atoms with Gasteiger partial charge in [-0.1, -0.05) is 25.3 Å². The minimum Gasteiger partial charge on any atom is -0.496 e. The molecule has 1 aliphatic heterocycles. The Morgan fingerprint density at radius 1 is 1.11 bits per heavy atom. The van der Waals surface area contributed by atoms with Gasteiger partial charge in [0.25, 0.3) is 5.91 Å². The molecule has 0 spiro atoms. The van der Waals surface area contributed by atoms with Crippen molar-refractivity contribution in [3.8, 4) is 5.75 Å². The molecular weight excluding hydrogens is 356 g/mol. The summed E-state index contributed by atoms with van der Waals surface area (Å²) < 4.78 is 10.6. The van der Waals surface area contributed by atoms with Crippen molar-refractivity contribution < 1.29 is 19.1 Å². The van der Waals surface area contributed by atoms with E-state index >= 15 is 0 Å². The van der Waals surface area contributed by atoms with Crippen LogP contribution in [-0.4, -0.2) is 50.1 Å². The summed E-state index contributed by atoms with van der Waals surface area (Å²) in [5, 5.41) is 3.22. The predicted molar refractivity (Wildman–Crippen MR) is 107 cm³/mol. The highest BCUT2D eigenvalue weighted by atomic mass is 16.5. The van der Waals surface area contributed by atoms with Crippen molar-refractivity contribution in [2.24, 2.45) is 5.92 Å². The standard InChI is InChI=1S/C22H32N2O4/c1-27-15-18-11-10-16(13-20(18)28-2)22(26)24-12-6-7-17(14-24)21(25)23-19-8-4-3-5-9-19/h10-11,13,17,19H,3-9,12,14-15H2,1-2H3,(H,23,25)/t17-/m0/s1. The number of rotatable bonds is 6. The van der Waals surface area contributed by atoms with Crippen LogP contribution in [0.15, 0.2) is 18.2 Å². The highest BCUT2D eigenvalue weighted by Crippen LogP contribution is 2.25. The molecule has 0 aromatic heterocycles. The Labute approximate surface area is 167 Å². The van der Waals surface area contributed by atoms with Gasteiger partial charge in [0.15, 0.2) is 0 Å². The van der Waals surface area contributed by atoms with Crippen LogP contribution in [-0.2, 0) is 16.1 Å². The third-order valence-electron chi connectivity index (χ3n) is 5.86. The van der Waals surface area contributed by atoms with Crippen LogP contribution in [0.4, 0.5) is 0 Å². The first-order chi connectivity index (χ1) is 13.6. The van der Waals surface area contributed by atoms with Crippen molar-refractivity contribution in [3.05, 3.63) is 29.3 Å². The Morgan fingerprint density at radius 3 is 2.61 bits per heavy atom. The second-order valence-electron chi connectivity index (χ2n) is 7.89. The van der Waals surface area contributed by atoms with E-state index in [2.05, 4.69) is 5.32 Å². The van der Waals surface area contributed by atoms with Gasteiger partial charge in [-0.25, -0.2) is 0 Å². The van der Waals surface area contributed by atoms with Gasteiger partial charge in [0.05, 0.1) is 19.6 Å². The van der Waals surface area contributed by atoms with Crippen LogP contribution >= 0.6 is 0 Å². The summed E-state index contributed by atoms with van der Waals surface area (Å²) in [6, 6.07) is 5.75. The van der Waals surface area contributed by atoms with Crippen molar-refractivity contribution in [1.29, 1.82) is 0 Å². The van der Waals surface area contributed by atoms with Crippen molar-refractivity contribution in [2.45, 2.75) is 57.6 Å². The van der Waals surface area contributed by atoms with E-state index in [0.717, 1.165) is 31.2 Å². The number of nitrogens with zero attached hydrogens (tertiary/aromatic N) is 1. The van der Waals surface area contributed by atoms with Crippen LogP contribution in [0.1, 0.15) is 60.9 Å². The highest BCUT2D eigenvalue weighted by Gasteiger charge is 2.30. The molecule has 1 aromatic rings. The lowest BCUT2D eigenvalue weighted by Crippen LogP contribution is -2.47. The lowest BCUT2D eigenvalue weighted by molar-refractivity contribution is -0.127. The van der Waals surface area contributed by atoms with Crippen molar-refractivity contribution in [3.63, 3.8) is 0 Å². The number of carbonyl (C=O) groups is 2. The van der Waals surface area contributed by atoms with E-state index in [9.17, 15) is 9.59 Å². The first-order valence-electron chi connectivity index (χ1n) is 10.4. The monoisotopic (exact) mass is 388 g/mol. The quantitative estimate of drug-likeness (QED) is 0.813. The van der Waals surface area contributed by atoms with Gasteiger partial charge in [0.1, 0.15) is 5.75 Å². The van der Waals surface area contributed by atoms with Crippen molar-refractivity contribution in [2.75, 3.05) is 27.3 Å². The summed E-state index contributed by atoms with van der Waals surface area (Å²) in [6.45, 7) is 1.61. The Balaban J connectivity index is 1.63. The third kappa shape index (κ3) is 5.04. The molecule has 2 amide bonds. The number of hydrogen-bond acceptors (Lipinski definition) is 4. The molecule has 2 fully saturated rings. The van der Waals surface area contributed by atoms with Crippen molar-refractivity contribution >= 4 is 11.8 Å². The minimum absolute atomic E-state index is 0.0440. The second-order valence-corrected chi connectivity index (χ2v) is 7.89. The molecule has 0 unspecified atom stereocenters. The number of piperidine rings is 1. The number of amides is 2. The Hall–Kier alpha value is -2.08. The van der Waals surface area contributed by atoms with E-state index < -0.39 is 0 Å². The van der Waals surface area contributed by atoms with E-state index in [-0.39, 0.29) is 17.7 Å². The van der Waals surface area contributed by atoms with Gasteiger partial charge >= 0.3 is 0 Å². The molecule has 1 heterocycles. The average molecular weight is 389 g/mol. The fourth-order valence-electron chi connectivity index (χ4n) is 4.28. The zero-order chi connectivity index (χ0) is 19.9. The fourth-order valence-corrected chi connectivity index (χ4v) is 4.28. The molecule has 2 aliphatic rings. The topological polar surface area (TPSA) is 67.9 Å². The van der Waals surface area contributed by atoms with Crippen LogP contribution in [0.2, 0.25) is 0 Å². The fraction of sp³-hybridized carbons (Fsp3) is 0.636. The number of nitrogens with one attached hydrogen (secondary N) is 1. The zero-order valence-corrected chi connectivity index (χ0v) is 17.0. The van der Waals surface area contributed by atoms with Gasteiger partial charge in [-0.3, -0.25) is 9.59 Å². The normalized spacial score (nSPS) is 20.6. The minimum atomic E-state index is -0.116. The number of ether oxygens (including phenoxy) is 2. The molecule has 0 radical (unpaired) electrons. The lowest BCUT2D eigenvalue weighted by Gasteiger charge is -2.33. The van der Waals surface area contributed by atoms with Crippen LogP contribution in [0, 0.1) is 5.92 Å². The molecule has 0 bridgehead atoms. The molecule has 3 rings (SSSR count). The maximum Gasteiger partial charge on any atom is 0.254 e. The molecule has 1 atom stereocenters. The van der Waals surface area contributed by atoms with Crippen LogP contribution in [0.25, 0.3) is 0 Å². The number of benzene rings is 1. The molecule has 1 aliphatic carbocycles. The number of hydrogen-bond donors (Lipinski definition) is 1. The Kier molecular flexibility index (Phi) is 7.31.